The van der Waals surface area contributed by atoms with Crippen molar-refractivity contribution in [1.29, 1.82) is 0 Å². The summed E-state index contributed by atoms with van der Waals surface area (Å²) in [6.07, 6.45) is 3.42. The molecule has 0 spiro atoms. The van der Waals surface area contributed by atoms with Gasteiger partial charge >= 0.3 is 0 Å². The predicted octanol–water partition coefficient (Wildman–Crippen LogP) is 3.43. The minimum absolute atomic E-state index is 0.0142. The lowest BCUT2D eigenvalue weighted by atomic mass is 9.90. The smallest absolute Gasteiger partial charge is 0.242 e. The Morgan fingerprint density at radius 2 is 1.76 bits per heavy atom. The Hall–Kier alpha value is -3.47. The Labute approximate surface area is 331 Å². The molecule has 1 aromatic carbocycles. The summed E-state index contributed by atoms with van der Waals surface area (Å²) in [6.45, 7) is 10.9. The standard InChI is InChI=1S/C40H65N7O7S/c1-10-27(4)36(46(7)34(49)25-43-39(51)35(26(2)3)45(6)20-21-54-41)32(52-8)24-33(48)47-19-14-17-31(47)37(53-9)28(5)38(50)44-30(40-42-18-22-55-40)23-29-15-12-11-13-16-29/h11-13,15-16,18,22,26-28,30-32,35-37H,10,14,17,19-21,23-25,41H2,1-9H3,(H,43,51)(H,44,50). The van der Waals surface area contributed by atoms with Crippen LogP contribution < -0.4 is 16.5 Å². The molecule has 14 nitrogen and oxygen atoms in total. The van der Waals surface area contributed by atoms with E-state index in [-0.39, 0.29) is 67.1 Å². The van der Waals surface area contributed by atoms with Crippen molar-refractivity contribution in [2.24, 2.45) is 23.7 Å². The quantitative estimate of drug-likeness (QED) is 0.142. The Morgan fingerprint density at radius 1 is 1.05 bits per heavy atom. The van der Waals surface area contributed by atoms with Crippen molar-refractivity contribution >= 4 is 35.0 Å². The maximum atomic E-state index is 14.2. The number of nitrogens with one attached hydrogen (secondary N) is 2. The van der Waals surface area contributed by atoms with E-state index in [1.165, 1.54) is 11.3 Å². The second kappa shape index (κ2) is 22.9. The molecule has 3 rings (SSSR count). The number of carbonyl (C=O) groups is 4. The lowest BCUT2D eigenvalue weighted by Crippen LogP contribution is -2.55. The SMILES string of the molecule is CCC(C)C(C(CC(=O)N1CCCC1C(OC)C(C)C(=O)NC(Cc1ccccc1)c1nccs1)OC)N(C)C(=O)CNC(=O)C(C(C)C)N(C)CCON. The third kappa shape index (κ3) is 12.8. The maximum Gasteiger partial charge on any atom is 0.242 e. The van der Waals surface area contributed by atoms with Gasteiger partial charge in [0.05, 0.1) is 61.9 Å². The lowest BCUT2D eigenvalue weighted by molar-refractivity contribution is -0.146. The summed E-state index contributed by atoms with van der Waals surface area (Å²) in [5.41, 5.74) is 1.09. The van der Waals surface area contributed by atoms with Crippen LogP contribution in [0.15, 0.2) is 41.9 Å². The monoisotopic (exact) mass is 787 g/mol. The number of carbonyl (C=O) groups excluding carboxylic acids is 4. The van der Waals surface area contributed by atoms with Crippen molar-refractivity contribution in [2.45, 2.75) is 103 Å². The van der Waals surface area contributed by atoms with Crippen molar-refractivity contribution in [3.05, 3.63) is 52.5 Å². The first-order valence-electron chi connectivity index (χ1n) is 19.4. The zero-order valence-corrected chi connectivity index (χ0v) is 35.1. The zero-order chi connectivity index (χ0) is 40.7. The van der Waals surface area contributed by atoms with Gasteiger partial charge in [0.1, 0.15) is 5.01 Å². The number of likely N-dealkylation sites (tertiary alicyclic amines) is 1. The van der Waals surface area contributed by atoms with Crippen molar-refractivity contribution in [1.82, 2.24) is 30.3 Å². The van der Waals surface area contributed by atoms with Gasteiger partial charge in [-0.1, -0.05) is 71.4 Å². The van der Waals surface area contributed by atoms with E-state index in [1.54, 1.807) is 32.4 Å². The third-order valence-corrected chi connectivity index (χ3v) is 11.9. The van der Waals surface area contributed by atoms with Crippen LogP contribution in [0.4, 0.5) is 0 Å². The number of methoxy groups -OCH3 is 2. The summed E-state index contributed by atoms with van der Waals surface area (Å²) < 4.78 is 12.0. The zero-order valence-electron chi connectivity index (χ0n) is 34.2. The van der Waals surface area contributed by atoms with E-state index in [0.717, 1.165) is 23.4 Å². The van der Waals surface area contributed by atoms with Gasteiger partial charge in [-0.25, -0.2) is 10.9 Å². The summed E-state index contributed by atoms with van der Waals surface area (Å²) in [6, 6.07) is 8.45. The van der Waals surface area contributed by atoms with Gasteiger partial charge < -0.3 is 34.7 Å². The van der Waals surface area contributed by atoms with Crippen LogP contribution in [0.3, 0.4) is 0 Å². The van der Waals surface area contributed by atoms with Crippen LogP contribution in [0.5, 0.6) is 0 Å². The minimum Gasteiger partial charge on any atom is -0.379 e. The molecule has 1 saturated heterocycles. The third-order valence-electron chi connectivity index (χ3n) is 11.0. The highest BCUT2D eigenvalue weighted by Gasteiger charge is 2.42. The fraction of sp³-hybridized carbons (Fsp3) is 0.675. The number of hydrogen-bond donors (Lipinski definition) is 3. The average molecular weight is 788 g/mol. The molecule has 2 heterocycles. The maximum absolute atomic E-state index is 14.2. The van der Waals surface area contributed by atoms with Gasteiger partial charge in [-0.2, -0.15) is 0 Å². The minimum atomic E-state index is -0.613. The van der Waals surface area contributed by atoms with E-state index in [9.17, 15) is 19.2 Å². The lowest BCUT2D eigenvalue weighted by Gasteiger charge is -2.39. The van der Waals surface area contributed by atoms with Gasteiger partial charge in [-0.15, -0.1) is 11.3 Å². The van der Waals surface area contributed by atoms with E-state index in [0.29, 0.717) is 25.9 Å². The molecular weight excluding hydrogens is 723 g/mol. The second-order valence-electron chi connectivity index (χ2n) is 15.0. The number of thiazole rings is 1. The molecule has 1 aliphatic heterocycles. The average Bonchev–Trinajstić information content (AvgIpc) is 3.89. The highest BCUT2D eigenvalue weighted by molar-refractivity contribution is 7.09. The molecule has 4 amide bonds. The van der Waals surface area contributed by atoms with Crippen LogP contribution in [0.1, 0.15) is 76.9 Å². The number of rotatable bonds is 23. The van der Waals surface area contributed by atoms with Gasteiger partial charge in [0, 0.05) is 45.9 Å². The Bertz CT molecular complexity index is 1470. The van der Waals surface area contributed by atoms with Crippen LogP contribution in [-0.4, -0.2) is 128 Å². The van der Waals surface area contributed by atoms with Crippen molar-refractivity contribution < 1.29 is 33.5 Å². The first-order valence-corrected chi connectivity index (χ1v) is 20.3. The highest BCUT2D eigenvalue weighted by atomic mass is 32.1. The normalized spacial score (nSPS) is 18.3. The first kappa shape index (κ1) is 45.9. The van der Waals surface area contributed by atoms with Gasteiger partial charge in [-0.05, 0) is 43.7 Å². The fourth-order valence-electron chi connectivity index (χ4n) is 7.82. The van der Waals surface area contributed by atoms with Crippen LogP contribution in [-0.2, 0) is 39.9 Å². The number of hydrogen-bond acceptors (Lipinski definition) is 11. The molecule has 15 heteroatoms. The van der Waals surface area contributed by atoms with E-state index in [1.807, 2.05) is 87.2 Å². The van der Waals surface area contributed by atoms with E-state index < -0.39 is 30.2 Å². The molecule has 0 bridgehead atoms. The fourth-order valence-corrected chi connectivity index (χ4v) is 8.51. The van der Waals surface area contributed by atoms with Gasteiger partial charge in [0.15, 0.2) is 0 Å². The molecule has 8 atom stereocenters. The molecule has 2 aromatic rings. The number of benzene rings is 1. The van der Waals surface area contributed by atoms with Crippen LogP contribution >= 0.6 is 11.3 Å². The second-order valence-corrected chi connectivity index (χ2v) is 16.0. The van der Waals surface area contributed by atoms with E-state index in [2.05, 4.69) is 15.6 Å². The van der Waals surface area contributed by atoms with Crippen LogP contribution in [0.25, 0.3) is 0 Å². The number of aromatic nitrogens is 1. The van der Waals surface area contributed by atoms with Crippen molar-refractivity contribution in [3.8, 4) is 0 Å². The summed E-state index contributed by atoms with van der Waals surface area (Å²) in [4.78, 5) is 69.4. The molecule has 1 fully saturated rings. The Kier molecular flexibility index (Phi) is 19.1. The first-order chi connectivity index (χ1) is 26.3. The Morgan fingerprint density at radius 3 is 2.35 bits per heavy atom. The van der Waals surface area contributed by atoms with Gasteiger partial charge in [-0.3, -0.25) is 24.1 Å². The van der Waals surface area contributed by atoms with Gasteiger partial charge in [0.25, 0.3) is 0 Å². The molecule has 0 saturated carbocycles. The summed E-state index contributed by atoms with van der Waals surface area (Å²) >= 11 is 1.50. The largest absolute Gasteiger partial charge is 0.379 e. The van der Waals surface area contributed by atoms with Crippen LogP contribution in [0, 0.1) is 17.8 Å². The molecule has 55 heavy (non-hydrogen) atoms. The molecule has 1 aromatic heterocycles. The van der Waals surface area contributed by atoms with Crippen LogP contribution in [0.2, 0.25) is 0 Å². The predicted molar refractivity (Wildman–Crippen MR) is 214 cm³/mol. The molecule has 4 N–H and O–H groups in total. The number of ether oxygens (including phenoxy) is 2. The highest BCUT2D eigenvalue weighted by Crippen LogP contribution is 2.30. The number of nitrogens with zero attached hydrogens (tertiary/aromatic N) is 4. The summed E-state index contributed by atoms with van der Waals surface area (Å²) in [5, 5.41) is 8.77. The molecule has 0 aliphatic carbocycles. The van der Waals surface area contributed by atoms with Crippen molar-refractivity contribution in [3.63, 3.8) is 0 Å². The van der Waals surface area contributed by atoms with E-state index in [4.69, 9.17) is 20.2 Å². The number of nitrogens with two attached hydrogens (primary N) is 1. The molecule has 1 aliphatic rings. The van der Waals surface area contributed by atoms with Crippen molar-refractivity contribution in [2.75, 3.05) is 54.6 Å². The van der Waals surface area contributed by atoms with Gasteiger partial charge in [0.2, 0.25) is 23.6 Å². The Balaban J connectivity index is 1.71. The number of amides is 4. The number of likely N-dealkylation sites (N-methyl/N-ethyl adjacent to an activating group) is 2. The molecule has 0 radical (unpaired) electrons. The molecule has 308 valence electrons. The van der Waals surface area contributed by atoms with E-state index >= 15 is 0 Å². The molecule has 8 unspecified atom stereocenters. The summed E-state index contributed by atoms with van der Waals surface area (Å²) in [7, 11) is 6.66. The topological polar surface area (TPSA) is 169 Å². The summed E-state index contributed by atoms with van der Waals surface area (Å²) in [5.74, 6) is 3.76. The molecular formula is C40H65N7O7S.